The molecule has 4 rings (SSSR count). The first-order chi connectivity index (χ1) is 9.74. The van der Waals surface area contributed by atoms with Gasteiger partial charge in [0.15, 0.2) is 5.69 Å². The standard InChI is InChI=1S/C14H21N5O/c15-11-12(9-1-2-9)16-17-13(11)14(20)19-7-5-18(6-8-19)10-3-4-10/h9-10H,1-8,15H2,(H,16,17). The summed E-state index contributed by atoms with van der Waals surface area (Å²) in [5.74, 6) is 0.483. The number of aromatic nitrogens is 2. The largest absolute Gasteiger partial charge is 0.395 e. The van der Waals surface area contributed by atoms with Gasteiger partial charge in [-0.25, -0.2) is 0 Å². The summed E-state index contributed by atoms with van der Waals surface area (Å²) >= 11 is 0. The molecule has 2 saturated carbocycles. The van der Waals surface area contributed by atoms with Gasteiger partial charge in [-0.05, 0) is 25.7 Å². The van der Waals surface area contributed by atoms with Crippen molar-refractivity contribution in [2.75, 3.05) is 31.9 Å². The van der Waals surface area contributed by atoms with Gasteiger partial charge in [0, 0.05) is 38.1 Å². The number of hydrogen-bond donors (Lipinski definition) is 2. The van der Waals surface area contributed by atoms with Crippen LogP contribution in [0, 0.1) is 0 Å². The monoisotopic (exact) mass is 275 g/mol. The van der Waals surface area contributed by atoms with Gasteiger partial charge in [-0.3, -0.25) is 14.8 Å². The molecule has 1 aliphatic heterocycles. The highest BCUT2D eigenvalue weighted by Gasteiger charge is 2.35. The minimum absolute atomic E-state index is 0.0129. The van der Waals surface area contributed by atoms with Crippen LogP contribution in [0.1, 0.15) is 47.8 Å². The average molecular weight is 275 g/mol. The molecule has 3 fully saturated rings. The van der Waals surface area contributed by atoms with Crippen LogP contribution in [0.5, 0.6) is 0 Å². The summed E-state index contributed by atoms with van der Waals surface area (Å²) in [6.07, 6.45) is 4.95. The van der Waals surface area contributed by atoms with Crippen LogP contribution in [0.3, 0.4) is 0 Å². The van der Waals surface area contributed by atoms with Crippen LogP contribution in [-0.2, 0) is 0 Å². The Morgan fingerprint density at radius 1 is 1.15 bits per heavy atom. The summed E-state index contributed by atoms with van der Waals surface area (Å²) < 4.78 is 0. The number of nitrogens with two attached hydrogens (primary N) is 1. The first kappa shape index (κ1) is 12.2. The first-order valence-electron chi connectivity index (χ1n) is 7.61. The Morgan fingerprint density at radius 2 is 1.85 bits per heavy atom. The molecule has 108 valence electrons. The van der Waals surface area contributed by atoms with Gasteiger partial charge in [0.1, 0.15) is 0 Å². The highest BCUT2D eigenvalue weighted by Crippen LogP contribution is 2.42. The van der Waals surface area contributed by atoms with Gasteiger partial charge in [0.25, 0.3) is 5.91 Å². The molecular formula is C14H21N5O. The Balaban J connectivity index is 1.44. The van der Waals surface area contributed by atoms with Gasteiger partial charge in [0.2, 0.25) is 0 Å². The molecule has 2 heterocycles. The number of nitrogens with zero attached hydrogens (tertiary/aromatic N) is 3. The van der Waals surface area contributed by atoms with Crippen LogP contribution in [0.25, 0.3) is 0 Å². The highest BCUT2D eigenvalue weighted by molar-refractivity contribution is 5.97. The van der Waals surface area contributed by atoms with E-state index in [4.69, 9.17) is 5.73 Å². The van der Waals surface area contributed by atoms with Crippen molar-refractivity contribution < 1.29 is 4.79 Å². The van der Waals surface area contributed by atoms with Crippen LogP contribution in [0.4, 0.5) is 5.69 Å². The quantitative estimate of drug-likeness (QED) is 0.855. The average Bonchev–Trinajstić information content (AvgIpc) is 3.37. The van der Waals surface area contributed by atoms with E-state index < -0.39 is 0 Å². The smallest absolute Gasteiger partial charge is 0.276 e. The van der Waals surface area contributed by atoms with Gasteiger partial charge in [-0.1, -0.05) is 0 Å². The van der Waals surface area contributed by atoms with E-state index in [-0.39, 0.29) is 5.91 Å². The van der Waals surface area contributed by atoms with E-state index in [1.54, 1.807) is 0 Å². The number of H-pyrrole nitrogens is 1. The number of amides is 1. The predicted octanol–water partition coefficient (Wildman–Crippen LogP) is 0.789. The first-order valence-corrected chi connectivity index (χ1v) is 7.61. The van der Waals surface area contributed by atoms with Crippen molar-refractivity contribution in [1.82, 2.24) is 20.0 Å². The molecular weight excluding hydrogens is 254 g/mol. The summed E-state index contributed by atoms with van der Waals surface area (Å²) in [5, 5.41) is 7.12. The molecule has 1 saturated heterocycles. The second-order valence-corrected chi connectivity index (χ2v) is 6.23. The maximum atomic E-state index is 12.5. The molecule has 0 aromatic carbocycles. The van der Waals surface area contributed by atoms with Crippen molar-refractivity contribution in [2.24, 2.45) is 0 Å². The third-order valence-corrected chi connectivity index (χ3v) is 4.69. The topological polar surface area (TPSA) is 78.2 Å². The summed E-state index contributed by atoms with van der Waals surface area (Å²) in [6.45, 7) is 3.55. The fourth-order valence-electron chi connectivity index (χ4n) is 3.09. The van der Waals surface area contributed by atoms with Crippen LogP contribution >= 0.6 is 0 Å². The number of carbonyl (C=O) groups is 1. The number of anilines is 1. The minimum Gasteiger partial charge on any atom is -0.395 e. The molecule has 0 spiro atoms. The number of carbonyl (C=O) groups excluding carboxylic acids is 1. The number of piperazine rings is 1. The van der Waals surface area contributed by atoms with E-state index in [9.17, 15) is 4.79 Å². The second kappa shape index (κ2) is 4.48. The number of nitrogens with one attached hydrogen (secondary N) is 1. The lowest BCUT2D eigenvalue weighted by molar-refractivity contribution is 0.0622. The zero-order valence-corrected chi connectivity index (χ0v) is 11.6. The van der Waals surface area contributed by atoms with Gasteiger partial charge in [-0.15, -0.1) is 0 Å². The number of hydrogen-bond acceptors (Lipinski definition) is 4. The van der Waals surface area contributed by atoms with Crippen LogP contribution in [-0.4, -0.2) is 58.1 Å². The molecule has 0 atom stereocenters. The molecule has 6 heteroatoms. The predicted molar refractivity (Wildman–Crippen MR) is 75.5 cm³/mol. The molecule has 1 aromatic rings. The normalized spacial score (nSPS) is 24.1. The Labute approximate surface area is 118 Å². The van der Waals surface area contributed by atoms with E-state index in [1.807, 2.05) is 4.90 Å². The fraction of sp³-hybridized carbons (Fsp3) is 0.714. The third-order valence-electron chi connectivity index (χ3n) is 4.69. The molecule has 6 nitrogen and oxygen atoms in total. The van der Waals surface area contributed by atoms with E-state index in [1.165, 1.54) is 12.8 Å². The van der Waals surface area contributed by atoms with E-state index in [2.05, 4.69) is 15.1 Å². The molecule has 0 radical (unpaired) electrons. The van der Waals surface area contributed by atoms with Gasteiger partial charge >= 0.3 is 0 Å². The van der Waals surface area contributed by atoms with E-state index in [0.717, 1.165) is 50.8 Å². The number of nitrogen functional groups attached to an aromatic ring is 1. The van der Waals surface area contributed by atoms with Crippen molar-refractivity contribution in [1.29, 1.82) is 0 Å². The molecule has 2 aliphatic carbocycles. The molecule has 1 aromatic heterocycles. The molecule has 20 heavy (non-hydrogen) atoms. The summed E-state index contributed by atoms with van der Waals surface area (Å²) in [5.41, 5.74) is 8.04. The van der Waals surface area contributed by atoms with Crippen LogP contribution in [0.15, 0.2) is 0 Å². The Kier molecular flexibility index (Phi) is 2.73. The van der Waals surface area contributed by atoms with Crippen molar-refractivity contribution in [3.05, 3.63) is 11.4 Å². The zero-order chi connectivity index (χ0) is 13.7. The zero-order valence-electron chi connectivity index (χ0n) is 11.6. The highest BCUT2D eigenvalue weighted by atomic mass is 16.2. The van der Waals surface area contributed by atoms with Crippen LogP contribution in [0.2, 0.25) is 0 Å². The van der Waals surface area contributed by atoms with Gasteiger partial charge in [-0.2, -0.15) is 5.10 Å². The van der Waals surface area contributed by atoms with Crippen molar-refractivity contribution in [3.63, 3.8) is 0 Å². The molecule has 3 N–H and O–H groups in total. The van der Waals surface area contributed by atoms with Crippen molar-refractivity contribution in [2.45, 2.75) is 37.6 Å². The maximum Gasteiger partial charge on any atom is 0.276 e. The molecule has 1 amide bonds. The van der Waals surface area contributed by atoms with Gasteiger partial charge in [0.05, 0.1) is 11.4 Å². The summed E-state index contributed by atoms with van der Waals surface area (Å²) in [7, 11) is 0. The number of rotatable bonds is 3. The van der Waals surface area contributed by atoms with Crippen molar-refractivity contribution in [3.8, 4) is 0 Å². The Hall–Kier alpha value is -1.56. The fourth-order valence-corrected chi connectivity index (χ4v) is 3.09. The van der Waals surface area contributed by atoms with E-state index >= 15 is 0 Å². The molecule has 0 bridgehead atoms. The summed E-state index contributed by atoms with van der Waals surface area (Å²) in [4.78, 5) is 16.9. The molecule has 3 aliphatic rings. The molecule has 0 unspecified atom stereocenters. The lowest BCUT2D eigenvalue weighted by Crippen LogP contribution is -2.49. The van der Waals surface area contributed by atoms with Gasteiger partial charge < -0.3 is 10.6 Å². The Bertz CT molecular complexity index is 524. The second-order valence-electron chi connectivity index (χ2n) is 6.23. The maximum absolute atomic E-state index is 12.5. The van der Waals surface area contributed by atoms with Crippen LogP contribution < -0.4 is 5.73 Å². The lowest BCUT2D eigenvalue weighted by atomic mass is 10.2. The third kappa shape index (κ3) is 2.08. The lowest BCUT2D eigenvalue weighted by Gasteiger charge is -2.34. The number of aromatic amines is 1. The SMILES string of the molecule is Nc1c(C(=O)N2CCN(C3CC3)CC2)n[nH]c1C1CC1. The minimum atomic E-state index is -0.0129. The Morgan fingerprint density at radius 3 is 2.45 bits per heavy atom. The summed E-state index contributed by atoms with van der Waals surface area (Å²) in [6, 6.07) is 0.782. The van der Waals surface area contributed by atoms with E-state index in [0.29, 0.717) is 17.3 Å². The van der Waals surface area contributed by atoms with Crippen molar-refractivity contribution >= 4 is 11.6 Å².